The number of anilines is 2. The second-order valence-electron chi connectivity index (χ2n) is 5.95. The molecule has 1 atom stereocenters. The van der Waals surface area contributed by atoms with Gasteiger partial charge in [0.25, 0.3) is 0 Å². The fourth-order valence-electron chi connectivity index (χ4n) is 2.24. The van der Waals surface area contributed by atoms with Crippen molar-refractivity contribution < 1.29 is 24.2 Å². The minimum Gasteiger partial charge on any atom is -0.481 e. The van der Waals surface area contributed by atoms with E-state index in [0.29, 0.717) is 32.3 Å². The predicted molar refractivity (Wildman–Crippen MR) is 103 cm³/mol. The lowest BCUT2D eigenvalue weighted by molar-refractivity contribution is -0.150. The van der Waals surface area contributed by atoms with Crippen LogP contribution in [-0.4, -0.2) is 70.9 Å². The van der Waals surface area contributed by atoms with Gasteiger partial charge in [0.1, 0.15) is 6.10 Å². The first-order chi connectivity index (χ1) is 13.1. The molecule has 28 heavy (non-hydrogen) atoms. The van der Waals surface area contributed by atoms with Gasteiger partial charge in [-0.1, -0.05) is 34.8 Å². The van der Waals surface area contributed by atoms with E-state index >= 15 is 0 Å². The molecule has 1 unspecified atom stereocenters. The van der Waals surface area contributed by atoms with Crippen molar-refractivity contribution in [1.82, 2.24) is 15.0 Å². The van der Waals surface area contributed by atoms with Crippen molar-refractivity contribution in [2.45, 2.75) is 29.7 Å². The van der Waals surface area contributed by atoms with Crippen molar-refractivity contribution in [3.8, 4) is 0 Å². The summed E-state index contributed by atoms with van der Waals surface area (Å²) in [6.45, 7) is 4.04. The number of aromatic nitrogens is 3. The molecular formula is C15H20Cl3N5O5. The number of nitrogens with zero attached hydrogens (tertiary/aromatic N) is 4. The SMILES string of the molecule is CC(CNc1nc(N2CCOCC2)nc(C(Cl)(Cl)Cl)n1)OC(=O)CCC(=O)O. The van der Waals surface area contributed by atoms with Gasteiger partial charge in [0.2, 0.25) is 15.7 Å². The Morgan fingerprint density at radius 1 is 1.25 bits per heavy atom. The molecule has 2 rings (SSSR count). The summed E-state index contributed by atoms with van der Waals surface area (Å²) in [5.74, 6) is -1.21. The molecule has 0 aromatic carbocycles. The molecule has 0 amide bonds. The third-order valence-corrected chi connectivity index (χ3v) is 4.10. The van der Waals surface area contributed by atoms with Crippen LogP contribution in [0.1, 0.15) is 25.6 Å². The second kappa shape index (κ2) is 10.2. The number of hydrogen-bond donors (Lipinski definition) is 2. The van der Waals surface area contributed by atoms with Gasteiger partial charge in [-0.2, -0.15) is 15.0 Å². The van der Waals surface area contributed by atoms with Gasteiger partial charge in [-0.3, -0.25) is 9.59 Å². The molecule has 1 fully saturated rings. The van der Waals surface area contributed by atoms with Crippen LogP contribution in [-0.2, 0) is 22.9 Å². The maximum atomic E-state index is 11.6. The molecule has 0 bridgehead atoms. The Kier molecular flexibility index (Phi) is 8.29. The van der Waals surface area contributed by atoms with E-state index in [1.54, 1.807) is 6.92 Å². The number of rotatable bonds is 8. The molecule has 1 aliphatic rings. The Bertz CT molecular complexity index is 697. The number of aliphatic carboxylic acids is 1. The molecule has 1 aromatic rings. The van der Waals surface area contributed by atoms with E-state index in [0.717, 1.165) is 0 Å². The van der Waals surface area contributed by atoms with E-state index in [2.05, 4.69) is 20.3 Å². The third-order valence-electron chi connectivity index (χ3n) is 3.59. The first kappa shape index (κ1) is 22.7. The summed E-state index contributed by atoms with van der Waals surface area (Å²) in [6, 6.07) is 0. The number of carboxylic acid groups (broad SMARTS) is 1. The first-order valence-electron chi connectivity index (χ1n) is 8.46. The van der Waals surface area contributed by atoms with Gasteiger partial charge in [0.05, 0.1) is 32.6 Å². The number of alkyl halides is 3. The third kappa shape index (κ3) is 7.42. The predicted octanol–water partition coefficient (Wildman–Crippen LogP) is 1.74. The average molecular weight is 457 g/mol. The Balaban J connectivity index is 2.03. The van der Waals surface area contributed by atoms with Crippen LogP contribution in [0.5, 0.6) is 0 Å². The van der Waals surface area contributed by atoms with Gasteiger partial charge in [0.15, 0.2) is 5.82 Å². The van der Waals surface area contributed by atoms with Gasteiger partial charge >= 0.3 is 11.9 Å². The van der Waals surface area contributed by atoms with Crippen molar-refractivity contribution in [3.05, 3.63) is 5.82 Å². The molecule has 13 heteroatoms. The van der Waals surface area contributed by atoms with Crippen LogP contribution in [0.25, 0.3) is 0 Å². The van der Waals surface area contributed by atoms with Crippen LogP contribution < -0.4 is 10.2 Å². The largest absolute Gasteiger partial charge is 0.481 e. The molecule has 0 saturated carbocycles. The van der Waals surface area contributed by atoms with Gasteiger partial charge in [-0.15, -0.1) is 0 Å². The number of carbonyl (C=O) groups is 2. The maximum Gasteiger partial charge on any atom is 0.306 e. The smallest absolute Gasteiger partial charge is 0.306 e. The Hall–Kier alpha value is -1.62. The number of esters is 1. The minimum atomic E-state index is -1.84. The van der Waals surface area contributed by atoms with E-state index in [1.807, 2.05) is 4.90 Å². The van der Waals surface area contributed by atoms with Crippen LogP contribution in [0, 0.1) is 0 Å². The van der Waals surface area contributed by atoms with E-state index in [9.17, 15) is 9.59 Å². The monoisotopic (exact) mass is 455 g/mol. The zero-order valence-corrected chi connectivity index (χ0v) is 17.3. The van der Waals surface area contributed by atoms with E-state index in [1.165, 1.54) is 0 Å². The van der Waals surface area contributed by atoms with E-state index in [-0.39, 0.29) is 31.2 Å². The van der Waals surface area contributed by atoms with Crippen LogP contribution in [0.2, 0.25) is 0 Å². The van der Waals surface area contributed by atoms with Crippen molar-refractivity contribution in [1.29, 1.82) is 0 Å². The van der Waals surface area contributed by atoms with Crippen LogP contribution in [0.3, 0.4) is 0 Å². The molecule has 2 heterocycles. The molecule has 156 valence electrons. The number of ether oxygens (including phenoxy) is 2. The van der Waals surface area contributed by atoms with Crippen LogP contribution >= 0.6 is 34.8 Å². The first-order valence-corrected chi connectivity index (χ1v) is 9.59. The summed E-state index contributed by atoms with van der Waals surface area (Å²) in [6.07, 6.45) is -1.05. The number of nitrogens with one attached hydrogen (secondary N) is 1. The summed E-state index contributed by atoms with van der Waals surface area (Å²) in [5.41, 5.74) is 0. The summed E-state index contributed by atoms with van der Waals surface area (Å²) >= 11 is 17.8. The number of carbonyl (C=O) groups excluding carboxylic acids is 1. The molecule has 0 spiro atoms. The minimum absolute atomic E-state index is 0.0393. The summed E-state index contributed by atoms with van der Waals surface area (Å²) in [4.78, 5) is 36.6. The highest BCUT2D eigenvalue weighted by atomic mass is 35.6. The molecule has 0 radical (unpaired) electrons. The van der Waals surface area contributed by atoms with Crippen molar-refractivity contribution in [2.75, 3.05) is 43.1 Å². The van der Waals surface area contributed by atoms with Gasteiger partial charge in [-0.05, 0) is 6.92 Å². The normalized spacial score (nSPS) is 15.8. The van der Waals surface area contributed by atoms with Crippen molar-refractivity contribution >= 4 is 58.6 Å². The Morgan fingerprint density at radius 2 is 1.93 bits per heavy atom. The van der Waals surface area contributed by atoms with Crippen molar-refractivity contribution in [3.63, 3.8) is 0 Å². The summed E-state index contributed by atoms with van der Waals surface area (Å²) < 4.78 is 8.60. The van der Waals surface area contributed by atoms with E-state index in [4.69, 9.17) is 49.4 Å². The number of morpholine rings is 1. The molecule has 1 aromatic heterocycles. The highest BCUT2D eigenvalue weighted by Gasteiger charge is 2.29. The highest BCUT2D eigenvalue weighted by molar-refractivity contribution is 6.66. The highest BCUT2D eigenvalue weighted by Crippen LogP contribution is 2.36. The topological polar surface area (TPSA) is 127 Å². The van der Waals surface area contributed by atoms with Gasteiger partial charge in [0, 0.05) is 13.1 Å². The fraction of sp³-hybridized carbons (Fsp3) is 0.667. The molecule has 1 aliphatic heterocycles. The quantitative estimate of drug-likeness (QED) is 0.441. The van der Waals surface area contributed by atoms with Crippen LogP contribution in [0.15, 0.2) is 0 Å². The molecule has 10 nitrogen and oxygen atoms in total. The van der Waals surface area contributed by atoms with E-state index < -0.39 is 21.8 Å². The second-order valence-corrected chi connectivity index (χ2v) is 8.24. The summed E-state index contributed by atoms with van der Waals surface area (Å²) in [7, 11) is 0. The molecule has 0 aliphatic carbocycles. The molecule has 2 N–H and O–H groups in total. The van der Waals surface area contributed by atoms with Gasteiger partial charge in [-0.25, -0.2) is 0 Å². The zero-order chi connectivity index (χ0) is 20.7. The number of hydrogen-bond acceptors (Lipinski definition) is 9. The lowest BCUT2D eigenvalue weighted by Crippen LogP contribution is -2.38. The Morgan fingerprint density at radius 3 is 2.54 bits per heavy atom. The Labute approximate surface area is 176 Å². The maximum absolute atomic E-state index is 11.6. The van der Waals surface area contributed by atoms with Gasteiger partial charge < -0.3 is 24.8 Å². The van der Waals surface area contributed by atoms with Crippen molar-refractivity contribution in [2.24, 2.45) is 0 Å². The average Bonchev–Trinajstić information content (AvgIpc) is 2.64. The summed E-state index contributed by atoms with van der Waals surface area (Å²) in [5, 5.41) is 11.5. The zero-order valence-electron chi connectivity index (χ0n) is 15.0. The van der Waals surface area contributed by atoms with Crippen LogP contribution in [0.4, 0.5) is 11.9 Å². The standard InChI is InChI=1S/C15H20Cl3N5O5/c1-9(28-11(26)3-2-10(24)25)8-19-13-20-12(15(16,17)18)21-14(22-13)23-4-6-27-7-5-23/h9H,2-8H2,1H3,(H,24,25)(H,19,20,21,22). The lowest BCUT2D eigenvalue weighted by atomic mass is 10.3. The molecular weight excluding hydrogens is 437 g/mol. The fourth-order valence-corrected chi connectivity index (χ4v) is 2.50. The number of halogens is 3. The lowest BCUT2D eigenvalue weighted by Gasteiger charge is -2.27. The number of carboxylic acids is 1. The molecule has 1 saturated heterocycles.